The van der Waals surface area contributed by atoms with Crippen molar-refractivity contribution in [2.24, 2.45) is 0 Å². The molecule has 0 radical (unpaired) electrons. The minimum absolute atomic E-state index is 0. The number of hydrogen-bond acceptors (Lipinski definition) is 1. The van der Waals surface area contributed by atoms with E-state index in [1.165, 1.54) is 16.7 Å². The highest BCUT2D eigenvalue weighted by Gasteiger charge is 2.15. The molecule has 0 bridgehead atoms. The van der Waals surface area contributed by atoms with Crippen LogP contribution in [-0.4, -0.2) is 0 Å². The number of nitrogens with two attached hydrogens (primary N) is 1. The molecule has 2 N–H and O–H groups in total. The monoisotopic (exact) mass is 255 g/mol. The molecule has 17 heavy (non-hydrogen) atoms. The zero-order valence-electron chi connectivity index (χ0n) is 11.9. The van der Waals surface area contributed by atoms with Gasteiger partial charge in [0.05, 0.1) is 0 Å². The summed E-state index contributed by atoms with van der Waals surface area (Å²) in [6, 6.07) is 4.48. The van der Waals surface area contributed by atoms with Gasteiger partial charge in [0, 0.05) is 5.69 Å². The van der Waals surface area contributed by atoms with Crippen LogP contribution in [0.2, 0.25) is 0 Å². The van der Waals surface area contributed by atoms with Crippen LogP contribution in [0.5, 0.6) is 0 Å². The van der Waals surface area contributed by atoms with Crippen LogP contribution >= 0.6 is 12.4 Å². The van der Waals surface area contributed by atoms with Gasteiger partial charge in [-0.15, -0.1) is 12.4 Å². The molecule has 2 heteroatoms. The van der Waals surface area contributed by atoms with E-state index in [1.807, 2.05) is 0 Å². The van der Waals surface area contributed by atoms with Gasteiger partial charge in [-0.3, -0.25) is 0 Å². The Hall–Kier alpha value is -0.690. The Kier molecular flexibility index (Phi) is 6.04. The Morgan fingerprint density at radius 3 is 1.71 bits per heavy atom. The predicted octanol–water partition coefficient (Wildman–Crippen LogP) is 5.06. The summed E-state index contributed by atoms with van der Waals surface area (Å²) in [5.41, 5.74) is 11.3. The lowest BCUT2D eigenvalue weighted by molar-refractivity contribution is 0.781. The van der Waals surface area contributed by atoms with E-state index in [-0.39, 0.29) is 12.4 Å². The second-order valence-electron chi connectivity index (χ2n) is 5.58. The van der Waals surface area contributed by atoms with Crippen LogP contribution in [0.25, 0.3) is 0 Å². The zero-order chi connectivity index (χ0) is 12.5. The van der Waals surface area contributed by atoms with Gasteiger partial charge in [0.15, 0.2) is 0 Å². The average Bonchev–Trinajstić information content (AvgIpc) is 2.15. The van der Waals surface area contributed by atoms with Crippen molar-refractivity contribution >= 4 is 18.1 Å². The molecule has 1 nitrogen and oxygen atoms in total. The Labute approximate surface area is 112 Å². The fraction of sp³-hybridized carbons (Fsp3) is 0.600. The molecular formula is C15H26ClN. The first-order chi connectivity index (χ1) is 7.34. The fourth-order valence-electron chi connectivity index (χ4n) is 2.20. The molecule has 0 spiro atoms. The van der Waals surface area contributed by atoms with Crippen molar-refractivity contribution in [3.05, 3.63) is 28.8 Å². The van der Waals surface area contributed by atoms with E-state index in [1.54, 1.807) is 0 Å². The number of benzene rings is 1. The molecule has 1 aromatic carbocycles. The molecule has 0 aliphatic rings. The third-order valence-electron chi connectivity index (χ3n) is 3.13. The standard InChI is InChI=1S/C15H25N.ClH/c1-9(2)12-7-13(10(3)4)15(11(5)6)14(16)8-12;/h7-11H,16H2,1-6H3;1H. The molecule has 0 atom stereocenters. The van der Waals surface area contributed by atoms with Gasteiger partial charge in [-0.1, -0.05) is 47.6 Å². The lowest BCUT2D eigenvalue weighted by Gasteiger charge is -2.21. The Bertz CT molecular complexity index is 367. The highest BCUT2D eigenvalue weighted by atomic mass is 35.5. The highest BCUT2D eigenvalue weighted by Crippen LogP contribution is 2.34. The molecule has 0 unspecified atom stereocenters. The zero-order valence-corrected chi connectivity index (χ0v) is 12.7. The van der Waals surface area contributed by atoms with E-state index in [2.05, 4.69) is 53.7 Å². The minimum Gasteiger partial charge on any atom is -0.398 e. The van der Waals surface area contributed by atoms with Crippen LogP contribution in [0.4, 0.5) is 5.69 Å². The van der Waals surface area contributed by atoms with Gasteiger partial charge in [0.2, 0.25) is 0 Å². The fourth-order valence-corrected chi connectivity index (χ4v) is 2.20. The summed E-state index contributed by atoms with van der Waals surface area (Å²) < 4.78 is 0. The molecule has 0 saturated carbocycles. The van der Waals surface area contributed by atoms with Crippen molar-refractivity contribution in [3.63, 3.8) is 0 Å². The first-order valence-electron chi connectivity index (χ1n) is 6.27. The number of nitrogen functional groups attached to an aromatic ring is 1. The van der Waals surface area contributed by atoms with Crippen LogP contribution in [0, 0.1) is 0 Å². The molecule has 0 aliphatic heterocycles. The van der Waals surface area contributed by atoms with E-state index in [0.717, 1.165) is 5.69 Å². The van der Waals surface area contributed by atoms with Gasteiger partial charge in [-0.25, -0.2) is 0 Å². The highest BCUT2D eigenvalue weighted by molar-refractivity contribution is 5.85. The van der Waals surface area contributed by atoms with Gasteiger partial charge >= 0.3 is 0 Å². The third-order valence-corrected chi connectivity index (χ3v) is 3.13. The number of halogens is 1. The topological polar surface area (TPSA) is 26.0 Å². The van der Waals surface area contributed by atoms with Crippen molar-refractivity contribution in [1.82, 2.24) is 0 Å². The predicted molar refractivity (Wildman–Crippen MR) is 80.4 cm³/mol. The van der Waals surface area contributed by atoms with Crippen LogP contribution < -0.4 is 5.73 Å². The molecule has 0 amide bonds. The van der Waals surface area contributed by atoms with Crippen LogP contribution in [0.1, 0.15) is 76.0 Å². The minimum atomic E-state index is 0. The van der Waals surface area contributed by atoms with Gasteiger partial charge in [-0.2, -0.15) is 0 Å². The summed E-state index contributed by atoms with van der Waals surface area (Å²) >= 11 is 0. The maximum Gasteiger partial charge on any atom is 0.0354 e. The molecule has 0 aromatic heterocycles. The molecular weight excluding hydrogens is 230 g/mol. The summed E-state index contributed by atoms with van der Waals surface area (Å²) in [7, 11) is 0. The Morgan fingerprint density at radius 1 is 0.824 bits per heavy atom. The van der Waals surface area contributed by atoms with Crippen molar-refractivity contribution in [1.29, 1.82) is 0 Å². The second kappa shape index (κ2) is 6.30. The van der Waals surface area contributed by atoms with E-state index in [9.17, 15) is 0 Å². The summed E-state index contributed by atoms with van der Waals surface area (Å²) in [5.74, 6) is 1.58. The average molecular weight is 256 g/mol. The van der Waals surface area contributed by atoms with Crippen LogP contribution in [-0.2, 0) is 0 Å². The van der Waals surface area contributed by atoms with Crippen molar-refractivity contribution < 1.29 is 0 Å². The molecule has 0 fully saturated rings. The molecule has 1 rings (SSSR count). The molecule has 1 aromatic rings. The Morgan fingerprint density at radius 2 is 1.35 bits per heavy atom. The van der Waals surface area contributed by atoms with Crippen molar-refractivity contribution in [3.8, 4) is 0 Å². The summed E-state index contributed by atoms with van der Waals surface area (Å²) in [4.78, 5) is 0. The number of anilines is 1. The molecule has 0 saturated heterocycles. The maximum atomic E-state index is 6.20. The largest absolute Gasteiger partial charge is 0.398 e. The summed E-state index contributed by atoms with van der Waals surface area (Å²) in [6.07, 6.45) is 0. The van der Waals surface area contributed by atoms with Gasteiger partial charge in [-0.05, 0) is 40.5 Å². The lowest BCUT2D eigenvalue weighted by Crippen LogP contribution is -2.06. The van der Waals surface area contributed by atoms with Crippen LogP contribution in [0.3, 0.4) is 0 Å². The first-order valence-corrected chi connectivity index (χ1v) is 6.27. The first kappa shape index (κ1) is 16.3. The summed E-state index contributed by atoms with van der Waals surface area (Å²) in [6.45, 7) is 13.3. The molecule has 0 heterocycles. The van der Waals surface area contributed by atoms with E-state index < -0.39 is 0 Å². The van der Waals surface area contributed by atoms with Crippen LogP contribution in [0.15, 0.2) is 12.1 Å². The van der Waals surface area contributed by atoms with E-state index >= 15 is 0 Å². The second-order valence-corrected chi connectivity index (χ2v) is 5.58. The van der Waals surface area contributed by atoms with E-state index in [4.69, 9.17) is 5.73 Å². The SMILES string of the molecule is CC(C)c1cc(N)c(C(C)C)c(C(C)C)c1.Cl. The normalized spacial score (nSPS) is 11.1. The molecule has 98 valence electrons. The smallest absolute Gasteiger partial charge is 0.0354 e. The van der Waals surface area contributed by atoms with E-state index in [0.29, 0.717) is 17.8 Å². The Balaban J connectivity index is 0.00000256. The number of rotatable bonds is 3. The lowest BCUT2D eigenvalue weighted by atomic mass is 9.86. The maximum absolute atomic E-state index is 6.20. The quantitative estimate of drug-likeness (QED) is 0.751. The van der Waals surface area contributed by atoms with Crippen molar-refractivity contribution in [2.75, 3.05) is 5.73 Å². The van der Waals surface area contributed by atoms with Gasteiger partial charge in [0.25, 0.3) is 0 Å². The van der Waals surface area contributed by atoms with Gasteiger partial charge < -0.3 is 5.73 Å². The van der Waals surface area contributed by atoms with Gasteiger partial charge in [0.1, 0.15) is 0 Å². The number of hydrogen-bond donors (Lipinski definition) is 1. The molecule has 0 aliphatic carbocycles. The van der Waals surface area contributed by atoms with Crippen molar-refractivity contribution in [2.45, 2.75) is 59.3 Å². The third kappa shape index (κ3) is 3.64. The summed E-state index contributed by atoms with van der Waals surface area (Å²) in [5, 5.41) is 0.